The first-order valence-corrected chi connectivity index (χ1v) is 6.77. The standard InChI is InChI=1S/C14H23ClN2O2/c1-17(2)7-9-19-8-6-16-11-12-10-13(15)4-5-14(12)18-3/h4-5,10,16H,6-9,11H2,1-3H3. The van der Waals surface area contributed by atoms with Crippen LogP contribution in [-0.4, -0.2) is 52.4 Å². The van der Waals surface area contributed by atoms with Crippen molar-refractivity contribution in [1.82, 2.24) is 10.2 Å². The van der Waals surface area contributed by atoms with E-state index >= 15 is 0 Å². The van der Waals surface area contributed by atoms with Gasteiger partial charge in [0.25, 0.3) is 0 Å². The summed E-state index contributed by atoms with van der Waals surface area (Å²) in [6, 6.07) is 5.63. The zero-order chi connectivity index (χ0) is 14.1. The molecule has 0 aliphatic rings. The number of hydrogen-bond donors (Lipinski definition) is 1. The summed E-state index contributed by atoms with van der Waals surface area (Å²) in [6.07, 6.45) is 0. The van der Waals surface area contributed by atoms with E-state index in [9.17, 15) is 0 Å². The van der Waals surface area contributed by atoms with Crippen molar-refractivity contribution in [3.63, 3.8) is 0 Å². The zero-order valence-corrected chi connectivity index (χ0v) is 12.7. The van der Waals surface area contributed by atoms with Gasteiger partial charge < -0.3 is 19.7 Å². The third kappa shape index (κ3) is 6.78. The van der Waals surface area contributed by atoms with Crippen LogP contribution in [0, 0.1) is 0 Å². The van der Waals surface area contributed by atoms with Gasteiger partial charge in [0.05, 0.1) is 20.3 Å². The van der Waals surface area contributed by atoms with E-state index in [4.69, 9.17) is 21.1 Å². The predicted molar refractivity (Wildman–Crippen MR) is 79.1 cm³/mol. The molecule has 0 aromatic heterocycles. The highest BCUT2D eigenvalue weighted by atomic mass is 35.5. The van der Waals surface area contributed by atoms with Crippen molar-refractivity contribution < 1.29 is 9.47 Å². The topological polar surface area (TPSA) is 33.7 Å². The van der Waals surface area contributed by atoms with Crippen molar-refractivity contribution in [3.8, 4) is 5.75 Å². The molecule has 1 aromatic carbocycles. The normalized spacial score (nSPS) is 11.0. The molecule has 0 fully saturated rings. The van der Waals surface area contributed by atoms with Gasteiger partial charge >= 0.3 is 0 Å². The molecule has 4 nitrogen and oxygen atoms in total. The van der Waals surface area contributed by atoms with Gasteiger partial charge in [-0.25, -0.2) is 0 Å². The molecule has 0 amide bonds. The molecule has 1 N–H and O–H groups in total. The molecule has 0 aliphatic heterocycles. The van der Waals surface area contributed by atoms with Gasteiger partial charge in [-0.05, 0) is 32.3 Å². The monoisotopic (exact) mass is 286 g/mol. The van der Waals surface area contributed by atoms with Crippen LogP contribution < -0.4 is 10.1 Å². The number of nitrogens with zero attached hydrogens (tertiary/aromatic N) is 1. The molecule has 0 saturated carbocycles. The Morgan fingerprint density at radius 3 is 2.74 bits per heavy atom. The fourth-order valence-electron chi connectivity index (χ4n) is 1.60. The van der Waals surface area contributed by atoms with Crippen molar-refractivity contribution in [2.75, 3.05) is 47.5 Å². The van der Waals surface area contributed by atoms with Crippen LogP contribution >= 0.6 is 11.6 Å². The third-order valence-electron chi connectivity index (χ3n) is 2.66. The summed E-state index contributed by atoms with van der Waals surface area (Å²) in [5.41, 5.74) is 1.06. The van der Waals surface area contributed by atoms with Crippen LogP contribution in [0.2, 0.25) is 5.02 Å². The Morgan fingerprint density at radius 1 is 1.26 bits per heavy atom. The molecule has 0 atom stereocenters. The number of benzene rings is 1. The van der Waals surface area contributed by atoms with E-state index < -0.39 is 0 Å². The van der Waals surface area contributed by atoms with Gasteiger partial charge in [0, 0.05) is 30.2 Å². The molecule has 0 saturated heterocycles. The Morgan fingerprint density at radius 2 is 2.05 bits per heavy atom. The van der Waals surface area contributed by atoms with Crippen LogP contribution in [0.1, 0.15) is 5.56 Å². The molecule has 0 spiro atoms. The largest absolute Gasteiger partial charge is 0.496 e. The Bertz CT molecular complexity index is 372. The van der Waals surface area contributed by atoms with E-state index in [1.807, 2.05) is 32.3 Å². The van der Waals surface area contributed by atoms with E-state index in [0.29, 0.717) is 6.61 Å². The van der Waals surface area contributed by atoms with E-state index in [1.165, 1.54) is 0 Å². The van der Waals surface area contributed by atoms with Gasteiger partial charge in [-0.2, -0.15) is 0 Å². The fraction of sp³-hybridized carbons (Fsp3) is 0.571. The summed E-state index contributed by atoms with van der Waals surface area (Å²) in [4.78, 5) is 2.10. The number of methoxy groups -OCH3 is 1. The van der Waals surface area contributed by atoms with Crippen molar-refractivity contribution in [2.24, 2.45) is 0 Å². The number of nitrogens with one attached hydrogen (secondary N) is 1. The van der Waals surface area contributed by atoms with Crippen LogP contribution in [-0.2, 0) is 11.3 Å². The summed E-state index contributed by atoms with van der Waals surface area (Å²) in [7, 11) is 5.73. The predicted octanol–water partition coefficient (Wildman–Crippen LogP) is 2.02. The van der Waals surface area contributed by atoms with Gasteiger partial charge in [0.1, 0.15) is 5.75 Å². The maximum atomic E-state index is 5.97. The minimum absolute atomic E-state index is 0.705. The second kappa shape index (κ2) is 9.15. The molecule has 0 unspecified atom stereocenters. The number of ether oxygens (including phenoxy) is 2. The molecule has 0 aliphatic carbocycles. The summed E-state index contributed by atoms with van der Waals surface area (Å²) >= 11 is 5.97. The van der Waals surface area contributed by atoms with E-state index in [1.54, 1.807) is 7.11 Å². The summed E-state index contributed by atoms with van der Waals surface area (Å²) in [6.45, 7) is 3.94. The van der Waals surface area contributed by atoms with Gasteiger partial charge in [-0.3, -0.25) is 0 Å². The number of rotatable bonds is 9. The highest BCUT2D eigenvalue weighted by Gasteiger charge is 2.03. The number of likely N-dealkylation sites (N-methyl/N-ethyl adjacent to an activating group) is 1. The van der Waals surface area contributed by atoms with Crippen molar-refractivity contribution in [2.45, 2.75) is 6.54 Å². The highest BCUT2D eigenvalue weighted by Crippen LogP contribution is 2.22. The van der Waals surface area contributed by atoms with Crippen LogP contribution in [0.4, 0.5) is 0 Å². The van der Waals surface area contributed by atoms with Gasteiger partial charge in [-0.1, -0.05) is 11.6 Å². The lowest BCUT2D eigenvalue weighted by Gasteiger charge is -2.11. The Labute approximate surface area is 120 Å². The molecule has 1 aromatic rings. The maximum Gasteiger partial charge on any atom is 0.123 e. The average molecular weight is 287 g/mol. The Hall–Kier alpha value is -0.810. The van der Waals surface area contributed by atoms with Gasteiger partial charge in [0.2, 0.25) is 0 Å². The smallest absolute Gasteiger partial charge is 0.123 e. The second-order valence-electron chi connectivity index (χ2n) is 4.55. The minimum Gasteiger partial charge on any atom is -0.496 e. The summed E-state index contributed by atoms with van der Waals surface area (Å²) < 4.78 is 10.8. The van der Waals surface area contributed by atoms with Crippen LogP contribution in [0.15, 0.2) is 18.2 Å². The zero-order valence-electron chi connectivity index (χ0n) is 11.9. The van der Waals surface area contributed by atoms with E-state index in [-0.39, 0.29) is 0 Å². The van der Waals surface area contributed by atoms with Crippen molar-refractivity contribution in [1.29, 1.82) is 0 Å². The Kier molecular flexibility index (Phi) is 7.82. The second-order valence-corrected chi connectivity index (χ2v) is 4.99. The van der Waals surface area contributed by atoms with Gasteiger partial charge in [-0.15, -0.1) is 0 Å². The maximum absolute atomic E-state index is 5.97. The molecule has 0 bridgehead atoms. The molecule has 5 heteroatoms. The van der Waals surface area contributed by atoms with E-state index in [2.05, 4.69) is 10.2 Å². The first kappa shape index (κ1) is 16.2. The fourth-order valence-corrected chi connectivity index (χ4v) is 1.80. The molecule has 108 valence electrons. The van der Waals surface area contributed by atoms with Crippen molar-refractivity contribution in [3.05, 3.63) is 28.8 Å². The molecule has 0 heterocycles. The molecular formula is C14H23ClN2O2. The minimum atomic E-state index is 0.705. The highest BCUT2D eigenvalue weighted by molar-refractivity contribution is 6.30. The first-order chi connectivity index (χ1) is 9.13. The lowest BCUT2D eigenvalue weighted by atomic mass is 10.2. The molecule has 19 heavy (non-hydrogen) atoms. The average Bonchev–Trinajstić information content (AvgIpc) is 2.37. The van der Waals surface area contributed by atoms with Gasteiger partial charge in [0.15, 0.2) is 0 Å². The van der Waals surface area contributed by atoms with E-state index in [0.717, 1.165) is 42.6 Å². The Balaban J connectivity index is 2.20. The molecular weight excluding hydrogens is 264 g/mol. The number of hydrogen-bond acceptors (Lipinski definition) is 4. The van der Waals surface area contributed by atoms with Crippen LogP contribution in [0.3, 0.4) is 0 Å². The lowest BCUT2D eigenvalue weighted by molar-refractivity contribution is 0.119. The summed E-state index contributed by atoms with van der Waals surface area (Å²) in [5, 5.41) is 4.04. The van der Waals surface area contributed by atoms with Crippen molar-refractivity contribution >= 4 is 11.6 Å². The molecule has 1 rings (SSSR count). The lowest BCUT2D eigenvalue weighted by Crippen LogP contribution is -2.23. The third-order valence-corrected chi connectivity index (χ3v) is 2.90. The SMILES string of the molecule is COc1ccc(Cl)cc1CNCCOCCN(C)C. The number of halogens is 1. The quantitative estimate of drug-likeness (QED) is 0.704. The van der Waals surface area contributed by atoms with Crippen LogP contribution in [0.25, 0.3) is 0 Å². The first-order valence-electron chi connectivity index (χ1n) is 6.39. The summed E-state index contributed by atoms with van der Waals surface area (Å²) in [5.74, 6) is 0.852. The molecule has 0 radical (unpaired) electrons. The van der Waals surface area contributed by atoms with Crippen LogP contribution in [0.5, 0.6) is 5.75 Å².